The number of nitrogen functional groups attached to an aromatic ring is 1. The summed E-state index contributed by atoms with van der Waals surface area (Å²) in [6.07, 6.45) is 3.72. The van der Waals surface area contributed by atoms with Gasteiger partial charge in [-0.1, -0.05) is 18.5 Å². The molecule has 0 bridgehead atoms. The van der Waals surface area contributed by atoms with Gasteiger partial charge in [0.05, 0.1) is 16.8 Å². The van der Waals surface area contributed by atoms with E-state index in [0.29, 0.717) is 16.8 Å². The smallest absolute Gasteiger partial charge is 0.0750 e. The molecule has 1 heterocycles. The monoisotopic (exact) mass is 282 g/mol. The second kappa shape index (κ2) is 6.49. The summed E-state index contributed by atoms with van der Waals surface area (Å²) in [6.45, 7) is 7.08. The molecule has 0 aliphatic carbocycles. The average molecular weight is 283 g/mol. The topological polar surface area (TPSA) is 38.5 Å². The maximum absolute atomic E-state index is 6.14. The van der Waals surface area contributed by atoms with E-state index in [-0.39, 0.29) is 0 Å². The molecule has 0 saturated carbocycles. The molecule has 3 nitrogen and oxygen atoms in total. The number of hydrogen-bond donors (Lipinski definition) is 1. The van der Waals surface area contributed by atoms with Crippen LogP contribution < -0.4 is 10.6 Å². The van der Waals surface area contributed by atoms with E-state index in [1.165, 1.54) is 11.3 Å². The second-order valence-electron chi connectivity index (χ2n) is 5.24. The highest BCUT2D eigenvalue weighted by Gasteiger charge is 2.22. The number of nitrogens with two attached hydrogens (primary N) is 1. The van der Waals surface area contributed by atoms with Crippen LogP contribution in [-0.2, 0) is 4.74 Å². The fraction of sp³-hybridized carbons (Fsp3) is 0.600. The highest BCUT2D eigenvalue weighted by Crippen LogP contribution is 2.31. The zero-order chi connectivity index (χ0) is 13.8. The van der Waals surface area contributed by atoms with Crippen molar-refractivity contribution in [3.05, 3.63) is 22.7 Å². The van der Waals surface area contributed by atoms with Gasteiger partial charge in [-0.05, 0) is 43.9 Å². The van der Waals surface area contributed by atoms with E-state index < -0.39 is 0 Å². The quantitative estimate of drug-likeness (QED) is 0.857. The number of aryl methyl sites for hydroxylation is 1. The third kappa shape index (κ3) is 3.54. The molecule has 2 N–H and O–H groups in total. The van der Waals surface area contributed by atoms with Gasteiger partial charge in [0.1, 0.15) is 0 Å². The van der Waals surface area contributed by atoms with Crippen LogP contribution in [-0.4, -0.2) is 25.8 Å². The third-order valence-electron chi connectivity index (χ3n) is 3.59. The van der Waals surface area contributed by atoms with Crippen molar-refractivity contribution in [2.24, 2.45) is 0 Å². The molecule has 106 valence electrons. The lowest BCUT2D eigenvalue weighted by atomic mass is 10.1. The summed E-state index contributed by atoms with van der Waals surface area (Å²) in [5.41, 5.74) is 8.85. The number of anilines is 2. The Bertz CT molecular complexity index is 436. The maximum atomic E-state index is 6.14. The van der Waals surface area contributed by atoms with Crippen LogP contribution in [0.2, 0.25) is 5.02 Å². The van der Waals surface area contributed by atoms with Crippen molar-refractivity contribution >= 4 is 23.0 Å². The van der Waals surface area contributed by atoms with Crippen LogP contribution in [0.3, 0.4) is 0 Å². The number of rotatable bonds is 4. The molecule has 1 aliphatic heterocycles. The first kappa shape index (κ1) is 14.5. The van der Waals surface area contributed by atoms with Gasteiger partial charge in [-0.3, -0.25) is 0 Å². The summed E-state index contributed by atoms with van der Waals surface area (Å²) in [5, 5.41) is 0.636. The van der Waals surface area contributed by atoms with E-state index in [2.05, 4.69) is 18.7 Å². The number of hydrogen-bond acceptors (Lipinski definition) is 3. The first-order valence-corrected chi connectivity index (χ1v) is 7.41. The zero-order valence-corrected chi connectivity index (χ0v) is 12.5. The van der Waals surface area contributed by atoms with Crippen LogP contribution in [0, 0.1) is 6.92 Å². The average Bonchev–Trinajstić information content (AvgIpc) is 2.41. The Balaban J connectivity index is 2.10. The highest BCUT2D eigenvalue weighted by molar-refractivity contribution is 6.33. The molecule has 4 heteroatoms. The molecule has 0 radical (unpaired) electrons. The summed E-state index contributed by atoms with van der Waals surface area (Å²) in [5.74, 6) is 0. The fourth-order valence-electron chi connectivity index (χ4n) is 2.61. The molecular weight excluding hydrogens is 260 g/mol. The van der Waals surface area contributed by atoms with Gasteiger partial charge in [-0.2, -0.15) is 0 Å². The van der Waals surface area contributed by atoms with Gasteiger partial charge in [0.2, 0.25) is 0 Å². The Labute approximate surface area is 120 Å². The van der Waals surface area contributed by atoms with Crippen molar-refractivity contribution in [2.75, 3.05) is 30.3 Å². The van der Waals surface area contributed by atoms with Crippen molar-refractivity contribution in [2.45, 2.75) is 39.2 Å². The molecular formula is C15H23ClN2O. The van der Waals surface area contributed by atoms with Crippen LogP contribution in [0.1, 0.15) is 31.7 Å². The maximum Gasteiger partial charge on any atom is 0.0750 e. The number of halogens is 1. The van der Waals surface area contributed by atoms with Crippen LogP contribution in [0.5, 0.6) is 0 Å². The number of benzene rings is 1. The van der Waals surface area contributed by atoms with Gasteiger partial charge in [-0.15, -0.1) is 0 Å². The first-order valence-electron chi connectivity index (χ1n) is 7.04. The molecule has 1 saturated heterocycles. The van der Waals surface area contributed by atoms with Gasteiger partial charge in [-0.25, -0.2) is 0 Å². The largest absolute Gasteiger partial charge is 0.398 e. The standard InChI is InChI=1S/C15H23ClN2O/c1-3-7-19-12-5-4-6-18(10-12)15-9-13(16)14(17)8-11(15)2/h8-9,12H,3-7,10,17H2,1-2H3. The molecule has 1 aromatic carbocycles. The lowest BCUT2D eigenvalue weighted by Crippen LogP contribution is -2.40. The molecule has 1 aromatic rings. The lowest BCUT2D eigenvalue weighted by Gasteiger charge is -2.35. The van der Waals surface area contributed by atoms with Crippen molar-refractivity contribution in [1.29, 1.82) is 0 Å². The number of piperidine rings is 1. The van der Waals surface area contributed by atoms with E-state index in [1.54, 1.807) is 0 Å². The minimum atomic E-state index is 0.337. The molecule has 19 heavy (non-hydrogen) atoms. The zero-order valence-electron chi connectivity index (χ0n) is 11.8. The van der Waals surface area contributed by atoms with Crippen molar-refractivity contribution in [3.63, 3.8) is 0 Å². The van der Waals surface area contributed by atoms with Gasteiger partial charge >= 0.3 is 0 Å². The first-order chi connectivity index (χ1) is 9.11. The molecule has 1 fully saturated rings. The molecule has 0 amide bonds. The fourth-order valence-corrected chi connectivity index (χ4v) is 2.77. The molecule has 1 unspecified atom stereocenters. The normalized spacial score (nSPS) is 19.7. The molecule has 1 aliphatic rings. The highest BCUT2D eigenvalue weighted by atomic mass is 35.5. The van der Waals surface area contributed by atoms with E-state index >= 15 is 0 Å². The van der Waals surface area contributed by atoms with E-state index in [9.17, 15) is 0 Å². The summed E-state index contributed by atoms with van der Waals surface area (Å²) in [7, 11) is 0. The van der Waals surface area contributed by atoms with Gasteiger partial charge in [0.15, 0.2) is 0 Å². The molecule has 2 rings (SSSR count). The molecule has 0 aromatic heterocycles. The number of nitrogens with zero attached hydrogens (tertiary/aromatic N) is 1. The lowest BCUT2D eigenvalue weighted by molar-refractivity contribution is 0.0440. The Hall–Kier alpha value is -0.930. The van der Waals surface area contributed by atoms with Gasteiger partial charge in [0, 0.05) is 25.4 Å². The minimum absolute atomic E-state index is 0.337. The van der Waals surface area contributed by atoms with Crippen LogP contribution in [0.25, 0.3) is 0 Å². The Morgan fingerprint density at radius 3 is 3.00 bits per heavy atom. The van der Waals surface area contributed by atoms with Crippen molar-refractivity contribution < 1.29 is 4.74 Å². The van der Waals surface area contributed by atoms with Crippen LogP contribution in [0.15, 0.2) is 12.1 Å². The predicted octanol–water partition coefficient (Wildman–Crippen LogP) is 3.63. The van der Waals surface area contributed by atoms with Gasteiger partial charge in [0.25, 0.3) is 0 Å². The van der Waals surface area contributed by atoms with Gasteiger partial charge < -0.3 is 15.4 Å². The van der Waals surface area contributed by atoms with E-state index in [1.807, 2.05) is 12.1 Å². The minimum Gasteiger partial charge on any atom is -0.398 e. The van der Waals surface area contributed by atoms with Crippen molar-refractivity contribution in [1.82, 2.24) is 0 Å². The second-order valence-corrected chi connectivity index (χ2v) is 5.65. The van der Waals surface area contributed by atoms with E-state index in [0.717, 1.165) is 39.0 Å². The summed E-state index contributed by atoms with van der Waals surface area (Å²) in [4.78, 5) is 2.37. The SMILES string of the molecule is CCCOC1CCCN(c2cc(Cl)c(N)cc2C)C1. The van der Waals surface area contributed by atoms with Crippen LogP contribution >= 0.6 is 11.6 Å². The summed E-state index contributed by atoms with van der Waals surface area (Å²) in [6, 6.07) is 3.93. The Morgan fingerprint density at radius 2 is 2.26 bits per heavy atom. The Morgan fingerprint density at radius 1 is 1.47 bits per heavy atom. The third-order valence-corrected chi connectivity index (χ3v) is 3.92. The van der Waals surface area contributed by atoms with Crippen LogP contribution in [0.4, 0.5) is 11.4 Å². The van der Waals surface area contributed by atoms with E-state index in [4.69, 9.17) is 22.1 Å². The Kier molecular flexibility index (Phi) is 4.94. The predicted molar refractivity (Wildman–Crippen MR) is 82.1 cm³/mol. The summed E-state index contributed by atoms with van der Waals surface area (Å²) < 4.78 is 5.88. The molecule has 0 spiro atoms. The molecule has 1 atom stereocenters. The summed E-state index contributed by atoms with van der Waals surface area (Å²) >= 11 is 6.14. The van der Waals surface area contributed by atoms with Crippen molar-refractivity contribution in [3.8, 4) is 0 Å². The number of ether oxygens (including phenoxy) is 1.